The molecule has 10 heteroatoms. The molecule has 8 nitrogen and oxygen atoms in total. The third-order valence-corrected chi connectivity index (χ3v) is 5.11. The highest BCUT2D eigenvalue weighted by Gasteiger charge is 2.11. The van der Waals surface area contributed by atoms with Crippen LogP contribution in [0, 0.1) is 0 Å². The average molecular weight is 514 g/mol. The van der Waals surface area contributed by atoms with E-state index in [4.69, 9.17) is 20.5 Å². The minimum Gasteiger partial charge on any atom is -0.489 e. The lowest BCUT2D eigenvalue weighted by Gasteiger charge is -2.11. The first-order valence-electron chi connectivity index (χ1n) is 10.4. The molecule has 0 radical (unpaired) electrons. The lowest BCUT2D eigenvalue weighted by atomic mass is 10.0. The van der Waals surface area contributed by atoms with E-state index >= 15 is 0 Å². The van der Waals surface area contributed by atoms with Crippen LogP contribution >= 0.6 is 11.6 Å². The van der Waals surface area contributed by atoms with Gasteiger partial charge in [-0.2, -0.15) is 13.5 Å². The Morgan fingerprint density at radius 1 is 0.943 bits per heavy atom. The largest absolute Gasteiger partial charge is 0.489 e. The number of carbonyl (C=O) groups is 1. The molecular formula is C25H24ClN3O5S. The van der Waals surface area contributed by atoms with Crippen molar-refractivity contribution < 1.29 is 22.1 Å². The normalized spacial score (nSPS) is 11.5. The van der Waals surface area contributed by atoms with Gasteiger partial charge in [0.1, 0.15) is 18.1 Å². The van der Waals surface area contributed by atoms with E-state index in [1.807, 2.05) is 6.92 Å². The van der Waals surface area contributed by atoms with E-state index in [1.165, 1.54) is 12.1 Å². The number of hydrazone groups is 1. The van der Waals surface area contributed by atoms with Crippen molar-refractivity contribution in [2.75, 3.05) is 18.2 Å². The second-order valence-corrected chi connectivity index (χ2v) is 9.63. The van der Waals surface area contributed by atoms with Crippen LogP contribution in [-0.2, 0) is 10.1 Å². The number of hydrogen-bond donors (Lipinski definition) is 2. The maximum Gasteiger partial charge on any atom is 0.339 e. The molecule has 35 heavy (non-hydrogen) atoms. The smallest absolute Gasteiger partial charge is 0.339 e. The Balaban J connectivity index is 1.85. The second-order valence-electron chi connectivity index (χ2n) is 7.62. The van der Waals surface area contributed by atoms with Gasteiger partial charge in [-0.15, -0.1) is 0 Å². The molecule has 0 saturated carbocycles. The molecule has 0 atom stereocenters. The van der Waals surface area contributed by atoms with Gasteiger partial charge in [-0.25, -0.2) is 10.2 Å². The van der Waals surface area contributed by atoms with E-state index in [-0.39, 0.29) is 5.75 Å². The standard InChI is InChI=1S/C25H24ClN3O5S/c1-17(2)16-33-22-12-4-18(5-13-22)24(19-6-14-23(15-7-19)34-35(3,31)32)28-29-25(30)27-21-10-8-20(26)9-11-21/h4-15H,1,16H2,2-3H3,(H2,27,29,30)/b28-24-. The summed E-state index contributed by atoms with van der Waals surface area (Å²) in [6.07, 6.45) is 0.967. The number of amides is 2. The lowest BCUT2D eigenvalue weighted by Crippen LogP contribution is -2.26. The number of urea groups is 1. The Bertz CT molecular complexity index is 1320. The lowest BCUT2D eigenvalue weighted by molar-refractivity contribution is 0.252. The van der Waals surface area contributed by atoms with Crippen LogP contribution in [0.3, 0.4) is 0 Å². The topological polar surface area (TPSA) is 106 Å². The van der Waals surface area contributed by atoms with Crippen molar-refractivity contribution in [2.24, 2.45) is 5.10 Å². The Labute approximate surface area is 209 Å². The molecule has 3 rings (SSSR count). The molecule has 0 fully saturated rings. The first-order chi connectivity index (χ1) is 16.6. The molecular weight excluding hydrogens is 490 g/mol. The van der Waals surface area contributed by atoms with Crippen molar-refractivity contribution in [1.82, 2.24) is 5.43 Å². The van der Waals surface area contributed by atoms with Gasteiger partial charge in [-0.3, -0.25) is 0 Å². The number of rotatable bonds is 9. The molecule has 182 valence electrons. The van der Waals surface area contributed by atoms with Gasteiger partial charge in [-0.05, 0) is 85.3 Å². The van der Waals surface area contributed by atoms with Gasteiger partial charge in [0.05, 0.1) is 12.0 Å². The van der Waals surface area contributed by atoms with Crippen LogP contribution < -0.4 is 19.7 Å². The fraction of sp³-hybridized carbons (Fsp3) is 0.120. The Kier molecular flexibility index (Phi) is 8.51. The molecule has 0 heterocycles. The highest BCUT2D eigenvalue weighted by atomic mass is 35.5. The summed E-state index contributed by atoms with van der Waals surface area (Å²) in [6.45, 7) is 6.08. The first-order valence-corrected chi connectivity index (χ1v) is 12.6. The summed E-state index contributed by atoms with van der Waals surface area (Å²) in [5.41, 5.74) is 5.67. The van der Waals surface area contributed by atoms with E-state index in [0.717, 1.165) is 11.8 Å². The summed E-state index contributed by atoms with van der Waals surface area (Å²) >= 11 is 5.87. The molecule has 0 aromatic heterocycles. The van der Waals surface area contributed by atoms with Crippen molar-refractivity contribution in [2.45, 2.75) is 6.92 Å². The molecule has 0 saturated heterocycles. The highest BCUT2D eigenvalue weighted by Crippen LogP contribution is 2.20. The zero-order valence-electron chi connectivity index (χ0n) is 19.1. The molecule has 0 aliphatic carbocycles. The van der Waals surface area contributed by atoms with Gasteiger partial charge in [0.2, 0.25) is 0 Å². The number of nitrogens with one attached hydrogen (secondary N) is 2. The first kappa shape index (κ1) is 25.8. The fourth-order valence-corrected chi connectivity index (χ4v) is 3.44. The third-order valence-electron chi connectivity index (χ3n) is 4.36. The van der Waals surface area contributed by atoms with Gasteiger partial charge >= 0.3 is 16.1 Å². The predicted molar refractivity (Wildman–Crippen MR) is 138 cm³/mol. The van der Waals surface area contributed by atoms with E-state index < -0.39 is 16.1 Å². The third kappa shape index (κ3) is 8.47. The van der Waals surface area contributed by atoms with Crippen LogP contribution in [0.5, 0.6) is 11.5 Å². The molecule has 0 bridgehead atoms. The molecule has 3 aromatic carbocycles. The van der Waals surface area contributed by atoms with Crippen LogP contribution in [0.1, 0.15) is 18.1 Å². The molecule has 0 aliphatic rings. The number of nitrogens with zero attached hydrogens (tertiary/aromatic N) is 1. The number of benzene rings is 3. The summed E-state index contributed by atoms with van der Waals surface area (Å²) in [5, 5.41) is 7.52. The number of halogens is 1. The van der Waals surface area contributed by atoms with Crippen LogP contribution in [0.25, 0.3) is 0 Å². The molecule has 0 aliphatic heterocycles. The minimum absolute atomic E-state index is 0.160. The van der Waals surface area contributed by atoms with E-state index in [0.29, 0.717) is 39.9 Å². The maximum absolute atomic E-state index is 12.4. The second kappa shape index (κ2) is 11.5. The van der Waals surface area contributed by atoms with Crippen molar-refractivity contribution in [3.05, 3.63) is 101 Å². The molecule has 3 aromatic rings. The zero-order valence-corrected chi connectivity index (χ0v) is 20.7. The van der Waals surface area contributed by atoms with E-state index in [2.05, 4.69) is 22.4 Å². The van der Waals surface area contributed by atoms with Crippen molar-refractivity contribution in [1.29, 1.82) is 0 Å². The molecule has 0 unspecified atom stereocenters. The zero-order chi connectivity index (χ0) is 25.4. The number of ether oxygens (including phenoxy) is 1. The fourth-order valence-electron chi connectivity index (χ4n) is 2.85. The van der Waals surface area contributed by atoms with E-state index in [9.17, 15) is 13.2 Å². The van der Waals surface area contributed by atoms with Crippen molar-refractivity contribution >= 4 is 39.1 Å². The quantitative estimate of drug-likeness (QED) is 0.177. The summed E-state index contributed by atoms with van der Waals surface area (Å²) in [4.78, 5) is 12.4. The van der Waals surface area contributed by atoms with Gasteiger partial charge in [0.15, 0.2) is 0 Å². The highest BCUT2D eigenvalue weighted by molar-refractivity contribution is 7.86. The predicted octanol–water partition coefficient (Wildman–Crippen LogP) is 5.21. The SMILES string of the molecule is C=C(C)COc1ccc(/C(=N/NC(=O)Nc2ccc(Cl)cc2)c2ccc(OS(C)(=O)=O)cc2)cc1. The van der Waals surface area contributed by atoms with Crippen LogP contribution in [0.4, 0.5) is 10.5 Å². The van der Waals surface area contributed by atoms with Gasteiger partial charge < -0.3 is 14.2 Å². The summed E-state index contributed by atoms with van der Waals surface area (Å²) in [5.74, 6) is 0.814. The van der Waals surface area contributed by atoms with Crippen LogP contribution in [-0.4, -0.2) is 33.0 Å². The number of carbonyl (C=O) groups excluding carboxylic acids is 1. The van der Waals surface area contributed by atoms with Gasteiger partial charge in [0, 0.05) is 21.8 Å². The maximum atomic E-state index is 12.4. The van der Waals surface area contributed by atoms with E-state index in [1.54, 1.807) is 60.7 Å². The Morgan fingerprint density at radius 2 is 1.49 bits per heavy atom. The summed E-state index contributed by atoms with van der Waals surface area (Å²) in [7, 11) is -3.66. The Hall–Kier alpha value is -3.82. The average Bonchev–Trinajstić information content (AvgIpc) is 2.80. The monoisotopic (exact) mass is 513 g/mol. The molecule has 2 N–H and O–H groups in total. The Morgan fingerprint density at radius 3 is 2.00 bits per heavy atom. The number of hydrogen-bond acceptors (Lipinski definition) is 6. The van der Waals surface area contributed by atoms with Crippen molar-refractivity contribution in [3.8, 4) is 11.5 Å². The van der Waals surface area contributed by atoms with Crippen molar-refractivity contribution in [3.63, 3.8) is 0 Å². The summed E-state index contributed by atoms with van der Waals surface area (Å²) in [6, 6.07) is 19.5. The minimum atomic E-state index is -3.66. The van der Waals surface area contributed by atoms with Gasteiger partial charge in [0.25, 0.3) is 0 Å². The van der Waals surface area contributed by atoms with Crippen LogP contribution in [0.2, 0.25) is 5.02 Å². The molecule has 2 amide bonds. The summed E-state index contributed by atoms with van der Waals surface area (Å²) < 4.78 is 33.3. The number of anilines is 1. The van der Waals surface area contributed by atoms with Gasteiger partial charge in [-0.1, -0.05) is 18.2 Å². The molecule has 0 spiro atoms. The van der Waals surface area contributed by atoms with Crippen LogP contribution in [0.15, 0.2) is 90.0 Å².